The van der Waals surface area contributed by atoms with Gasteiger partial charge in [0.25, 0.3) is 11.7 Å². The summed E-state index contributed by atoms with van der Waals surface area (Å²) in [7, 11) is 0. The molecule has 4 nitrogen and oxygen atoms in total. The number of carbonyl (C=O) groups is 2. The summed E-state index contributed by atoms with van der Waals surface area (Å²) in [6.45, 7) is 0.409. The van der Waals surface area contributed by atoms with Gasteiger partial charge < -0.3 is 10.6 Å². The van der Waals surface area contributed by atoms with Gasteiger partial charge in [-0.3, -0.25) is 9.59 Å². The molecule has 1 heterocycles. The molecule has 0 atom stereocenters. The van der Waals surface area contributed by atoms with E-state index in [0.717, 1.165) is 0 Å². The van der Waals surface area contributed by atoms with Crippen LogP contribution in [0.1, 0.15) is 23.2 Å². The van der Waals surface area contributed by atoms with Gasteiger partial charge in [-0.25, -0.2) is 0 Å². The molecule has 0 aliphatic carbocycles. The number of thiophene rings is 1. The molecule has 128 valence electrons. The summed E-state index contributed by atoms with van der Waals surface area (Å²) >= 11 is 1.91. The van der Waals surface area contributed by atoms with Gasteiger partial charge in [-0.15, -0.1) is 0 Å². The van der Waals surface area contributed by atoms with E-state index in [0.29, 0.717) is 40.9 Å². The summed E-state index contributed by atoms with van der Waals surface area (Å²) in [5.74, 6) is -2.80. The maximum absolute atomic E-state index is 12.2. The van der Waals surface area contributed by atoms with Crippen LogP contribution in [0.3, 0.4) is 0 Å². The lowest BCUT2D eigenvalue weighted by molar-refractivity contribution is -0.116. The van der Waals surface area contributed by atoms with Crippen LogP contribution in [0.15, 0.2) is 46.0 Å². The van der Waals surface area contributed by atoms with Gasteiger partial charge in [0.15, 0.2) is 0 Å². The average Bonchev–Trinajstić information content (AvgIpc) is 3.07. The summed E-state index contributed by atoms with van der Waals surface area (Å²) < 4.78 is 24.4. The molecule has 24 heavy (non-hydrogen) atoms. The Bertz CT molecular complexity index is 661. The number of alkyl halides is 2. The van der Waals surface area contributed by atoms with Gasteiger partial charge in [0.2, 0.25) is 5.91 Å². The second kappa shape index (κ2) is 9.39. The van der Waals surface area contributed by atoms with Gasteiger partial charge in [-0.1, -0.05) is 11.8 Å². The number of carbonyl (C=O) groups excluding carboxylic acids is 2. The third-order valence-corrected chi connectivity index (χ3v) is 4.42. The Hall–Kier alpha value is -1.93. The fourth-order valence-electron chi connectivity index (χ4n) is 1.89. The highest BCUT2D eigenvalue weighted by molar-refractivity contribution is 7.99. The van der Waals surface area contributed by atoms with Crippen molar-refractivity contribution in [2.24, 2.45) is 0 Å². The van der Waals surface area contributed by atoms with Crippen molar-refractivity contribution in [2.75, 3.05) is 11.9 Å². The highest BCUT2D eigenvalue weighted by Gasteiger charge is 2.07. The molecule has 0 saturated heterocycles. The van der Waals surface area contributed by atoms with Crippen molar-refractivity contribution in [1.82, 2.24) is 5.32 Å². The van der Waals surface area contributed by atoms with Crippen molar-refractivity contribution in [3.63, 3.8) is 0 Å². The molecule has 0 aliphatic rings. The summed E-state index contributed by atoms with van der Waals surface area (Å²) in [6, 6.07) is 7.98. The van der Waals surface area contributed by atoms with Crippen molar-refractivity contribution in [3.05, 3.63) is 46.7 Å². The highest BCUT2D eigenvalue weighted by atomic mass is 32.2. The quantitative estimate of drug-likeness (QED) is 0.541. The molecule has 2 aromatic rings. The number of hydrogen-bond acceptors (Lipinski definition) is 4. The number of nitrogens with one attached hydrogen (secondary N) is 2. The predicted octanol–water partition coefficient (Wildman–Crippen LogP) is 4.21. The van der Waals surface area contributed by atoms with Crippen LogP contribution >= 0.6 is 23.1 Å². The first kappa shape index (κ1) is 18.4. The molecule has 8 heteroatoms. The van der Waals surface area contributed by atoms with Crippen molar-refractivity contribution in [3.8, 4) is 0 Å². The number of halogens is 2. The Kier molecular flexibility index (Phi) is 7.20. The molecule has 0 bridgehead atoms. The molecule has 1 aromatic heterocycles. The SMILES string of the molecule is O=C(CCCNC(=O)c1ccsc1)Nc1ccc(SC(F)F)cc1. The van der Waals surface area contributed by atoms with Crippen LogP contribution in [0.2, 0.25) is 0 Å². The van der Waals surface area contributed by atoms with Crippen LogP contribution in [-0.4, -0.2) is 24.1 Å². The summed E-state index contributed by atoms with van der Waals surface area (Å²) in [5, 5.41) is 9.02. The zero-order chi connectivity index (χ0) is 17.4. The lowest BCUT2D eigenvalue weighted by Crippen LogP contribution is -2.25. The van der Waals surface area contributed by atoms with Crippen LogP contribution in [0, 0.1) is 0 Å². The number of hydrogen-bond donors (Lipinski definition) is 2. The monoisotopic (exact) mass is 370 g/mol. The topological polar surface area (TPSA) is 58.2 Å². The fraction of sp³-hybridized carbons (Fsp3) is 0.250. The van der Waals surface area contributed by atoms with Crippen LogP contribution in [-0.2, 0) is 4.79 Å². The van der Waals surface area contributed by atoms with Gasteiger partial charge in [0, 0.05) is 34.5 Å². The van der Waals surface area contributed by atoms with Crippen molar-refractivity contribution in [2.45, 2.75) is 23.5 Å². The zero-order valence-corrected chi connectivity index (χ0v) is 14.3. The van der Waals surface area contributed by atoms with Crippen molar-refractivity contribution in [1.29, 1.82) is 0 Å². The molecular weight excluding hydrogens is 354 g/mol. The molecule has 0 fully saturated rings. The van der Waals surface area contributed by atoms with Gasteiger partial charge in [0.1, 0.15) is 0 Å². The molecule has 0 spiro atoms. The molecule has 0 unspecified atom stereocenters. The van der Waals surface area contributed by atoms with Crippen molar-refractivity contribution >= 4 is 40.6 Å². The van der Waals surface area contributed by atoms with Crippen molar-refractivity contribution < 1.29 is 18.4 Å². The van der Waals surface area contributed by atoms with Gasteiger partial charge in [0.05, 0.1) is 0 Å². The Balaban J connectivity index is 1.67. The van der Waals surface area contributed by atoms with E-state index in [9.17, 15) is 18.4 Å². The fourth-order valence-corrected chi connectivity index (χ4v) is 3.02. The van der Waals surface area contributed by atoms with E-state index in [4.69, 9.17) is 0 Å². The molecule has 1 aromatic carbocycles. The molecule has 2 N–H and O–H groups in total. The predicted molar refractivity (Wildman–Crippen MR) is 92.8 cm³/mol. The third kappa shape index (κ3) is 6.29. The van der Waals surface area contributed by atoms with Crippen LogP contribution < -0.4 is 10.6 Å². The average molecular weight is 370 g/mol. The number of thioether (sulfide) groups is 1. The second-order valence-electron chi connectivity index (χ2n) is 4.82. The van der Waals surface area contributed by atoms with E-state index in [1.165, 1.54) is 23.5 Å². The largest absolute Gasteiger partial charge is 0.352 e. The van der Waals surface area contributed by atoms with Crippen LogP contribution in [0.4, 0.5) is 14.5 Å². The summed E-state index contributed by atoms with van der Waals surface area (Å²) in [6.07, 6.45) is 0.776. The Morgan fingerprint density at radius 1 is 1.17 bits per heavy atom. The normalized spacial score (nSPS) is 10.6. The molecule has 2 rings (SSSR count). The first-order valence-corrected chi connectivity index (χ1v) is 9.02. The van der Waals surface area contributed by atoms with E-state index in [1.807, 2.05) is 5.38 Å². The van der Waals surface area contributed by atoms with E-state index >= 15 is 0 Å². The minimum absolute atomic E-state index is 0.149. The zero-order valence-electron chi connectivity index (χ0n) is 12.6. The van der Waals surface area contributed by atoms with E-state index in [1.54, 1.807) is 23.6 Å². The standard InChI is InChI=1S/C16H16F2N2O2S2/c17-16(18)24-13-5-3-12(4-6-13)20-14(21)2-1-8-19-15(22)11-7-9-23-10-11/h3-7,9-10,16H,1-2,8H2,(H,19,22)(H,20,21). The molecule has 0 saturated carbocycles. The summed E-state index contributed by atoms with van der Waals surface area (Å²) in [4.78, 5) is 23.9. The van der Waals surface area contributed by atoms with Crippen LogP contribution in [0.5, 0.6) is 0 Å². The smallest absolute Gasteiger partial charge is 0.288 e. The molecule has 0 radical (unpaired) electrons. The number of rotatable bonds is 8. The Morgan fingerprint density at radius 2 is 1.92 bits per heavy atom. The maximum atomic E-state index is 12.2. The summed E-state index contributed by atoms with van der Waals surface area (Å²) in [5.41, 5.74) is 1.17. The van der Waals surface area contributed by atoms with Crippen LogP contribution in [0.25, 0.3) is 0 Å². The third-order valence-electron chi connectivity index (χ3n) is 3.01. The van der Waals surface area contributed by atoms with E-state index in [2.05, 4.69) is 10.6 Å². The molecule has 2 amide bonds. The number of benzene rings is 1. The number of anilines is 1. The molecule has 0 aliphatic heterocycles. The minimum Gasteiger partial charge on any atom is -0.352 e. The first-order valence-electron chi connectivity index (χ1n) is 7.20. The lowest BCUT2D eigenvalue weighted by atomic mass is 10.2. The van der Waals surface area contributed by atoms with Gasteiger partial charge in [-0.2, -0.15) is 20.1 Å². The maximum Gasteiger partial charge on any atom is 0.288 e. The van der Waals surface area contributed by atoms with E-state index < -0.39 is 5.76 Å². The minimum atomic E-state index is -2.46. The second-order valence-corrected chi connectivity index (χ2v) is 6.67. The Labute approximate surface area is 146 Å². The number of amides is 2. The Morgan fingerprint density at radius 3 is 2.54 bits per heavy atom. The van der Waals surface area contributed by atoms with Gasteiger partial charge >= 0.3 is 0 Å². The first-order chi connectivity index (χ1) is 11.5. The van der Waals surface area contributed by atoms with Gasteiger partial charge in [-0.05, 0) is 42.1 Å². The van der Waals surface area contributed by atoms with E-state index in [-0.39, 0.29) is 18.2 Å². The lowest BCUT2D eigenvalue weighted by Gasteiger charge is -2.07. The molecular formula is C16H16F2N2O2S2. The highest BCUT2D eigenvalue weighted by Crippen LogP contribution is 2.26.